The van der Waals surface area contributed by atoms with Gasteiger partial charge in [-0.3, -0.25) is 4.79 Å². The molecule has 0 aliphatic heterocycles. The molecule has 1 aromatic carbocycles. The summed E-state index contributed by atoms with van der Waals surface area (Å²) in [6.45, 7) is 0. The van der Waals surface area contributed by atoms with E-state index in [1.54, 1.807) is 24.7 Å². The molecule has 5 nitrogen and oxygen atoms in total. The maximum Gasteiger partial charge on any atom is 0.291 e. The first kappa shape index (κ1) is 12.7. The van der Waals surface area contributed by atoms with E-state index in [0.29, 0.717) is 10.4 Å². The summed E-state index contributed by atoms with van der Waals surface area (Å²) < 4.78 is 7.59. The first-order chi connectivity index (χ1) is 9.72. The second kappa shape index (κ2) is 5.34. The quantitative estimate of drug-likeness (QED) is 0.799. The summed E-state index contributed by atoms with van der Waals surface area (Å²) in [4.78, 5) is 16.0. The second-order valence-electron chi connectivity index (χ2n) is 4.08. The molecule has 0 saturated carbocycles. The highest BCUT2D eigenvalue weighted by molar-refractivity contribution is 9.10. The summed E-state index contributed by atoms with van der Waals surface area (Å²) in [6, 6.07) is 10.8. The van der Waals surface area contributed by atoms with E-state index in [0.717, 1.165) is 5.69 Å². The molecule has 100 valence electrons. The number of rotatable bonds is 3. The topological polar surface area (TPSA) is 60.1 Å². The van der Waals surface area contributed by atoms with Crippen molar-refractivity contribution in [2.45, 2.75) is 0 Å². The van der Waals surface area contributed by atoms with Crippen LogP contribution in [0.2, 0.25) is 0 Å². The van der Waals surface area contributed by atoms with Gasteiger partial charge in [-0.2, -0.15) is 0 Å². The predicted molar refractivity (Wildman–Crippen MR) is 77.9 cm³/mol. The average molecular weight is 332 g/mol. The lowest BCUT2D eigenvalue weighted by molar-refractivity contribution is 0.0995. The number of aromatic nitrogens is 2. The van der Waals surface area contributed by atoms with Crippen molar-refractivity contribution in [1.82, 2.24) is 9.55 Å². The molecule has 0 aliphatic rings. The Labute approximate surface area is 123 Å². The molecular formula is C14H10BrN3O2. The molecule has 0 spiro atoms. The Hall–Kier alpha value is -2.34. The molecule has 0 radical (unpaired) electrons. The Morgan fingerprint density at radius 2 is 2.20 bits per heavy atom. The zero-order valence-electron chi connectivity index (χ0n) is 10.3. The minimum absolute atomic E-state index is 0.255. The molecule has 0 atom stereocenters. The van der Waals surface area contributed by atoms with Crippen LogP contribution in [0.25, 0.3) is 5.69 Å². The van der Waals surface area contributed by atoms with Crippen LogP contribution in [0, 0.1) is 0 Å². The van der Waals surface area contributed by atoms with E-state index in [-0.39, 0.29) is 11.7 Å². The molecule has 0 fully saturated rings. The van der Waals surface area contributed by atoms with Gasteiger partial charge in [-0.1, -0.05) is 6.07 Å². The average Bonchev–Trinajstić information content (AvgIpc) is 3.10. The zero-order chi connectivity index (χ0) is 13.9. The van der Waals surface area contributed by atoms with E-state index < -0.39 is 0 Å². The Morgan fingerprint density at radius 1 is 1.30 bits per heavy atom. The molecule has 0 unspecified atom stereocenters. The van der Waals surface area contributed by atoms with Crippen LogP contribution in [0.15, 0.2) is 64.2 Å². The van der Waals surface area contributed by atoms with Gasteiger partial charge in [0.05, 0.1) is 6.33 Å². The Balaban J connectivity index is 1.81. The van der Waals surface area contributed by atoms with Crippen LogP contribution in [-0.2, 0) is 0 Å². The highest BCUT2D eigenvalue weighted by Gasteiger charge is 2.10. The molecular weight excluding hydrogens is 322 g/mol. The number of benzene rings is 1. The van der Waals surface area contributed by atoms with E-state index in [4.69, 9.17) is 4.42 Å². The van der Waals surface area contributed by atoms with Gasteiger partial charge in [0.2, 0.25) is 0 Å². The van der Waals surface area contributed by atoms with E-state index in [1.165, 1.54) is 0 Å². The summed E-state index contributed by atoms with van der Waals surface area (Å²) in [6.07, 6.45) is 5.24. The fourth-order valence-corrected chi connectivity index (χ4v) is 2.09. The van der Waals surface area contributed by atoms with E-state index >= 15 is 0 Å². The lowest BCUT2D eigenvalue weighted by Crippen LogP contribution is -2.11. The van der Waals surface area contributed by atoms with Crippen LogP contribution in [0.1, 0.15) is 10.6 Å². The molecule has 6 heteroatoms. The third kappa shape index (κ3) is 2.65. The normalized spacial score (nSPS) is 10.4. The van der Waals surface area contributed by atoms with Crippen LogP contribution >= 0.6 is 15.9 Å². The number of anilines is 1. The number of hydrogen-bond donors (Lipinski definition) is 1. The second-order valence-corrected chi connectivity index (χ2v) is 4.86. The van der Waals surface area contributed by atoms with Gasteiger partial charge in [-0.15, -0.1) is 0 Å². The van der Waals surface area contributed by atoms with Crippen LogP contribution in [-0.4, -0.2) is 15.5 Å². The van der Waals surface area contributed by atoms with Gasteiger partial charge in [0.15, 0.2) is 10.4 Å². The Bertz CT molecular complexity index is 734. The molecule has 0 aliphatic carbocycles. The van der Waals surface area contributed by atoms with Crippen molar-refractivity contribution in [3.05, 3.63) is 65.5 Å². The van der Waals surface area contributed by atoms with E-state index in [1.807, 2.05) is 35.0 Å². The van der Waals surface area contributed by atoms with Crippen molar-refractivity contribution in [3.63, 3.8) is 0 Å². The van der Waals surface area contributed by atoms with Crippen LogP contribution < -0.4 is 5.32 Å². The fourth-order valence-electron chi connectivity index (χ4n) is 1.79. The standard InChI is InChI=1S/C14H10BrN3O2/c15-13-5-4-12(20-13)14(19)17-10-2-1-3-11(8-10)18-7-6-16-9-18/h1-9H,(H,17,19). The van der Waals surface area contributed by atoms with Crippen LogP contribution in [0.4, 0.5) is 5.69 Å². The zero-order valence-corrected chi connectivity index (χ0v) is 11.9. The molecule has 20 heavy (non-hydrogen) atoms. The van der Waals surface area contributed by atoms with Crippen LogP contribution in [0.3, 0.4) is 0 Å². The number of hydrogen-bond acceptors (Lipinski definition) is 3. The molecule has 2 heterocycles. The van der Waals surface area contributed by atoms with Crippen molar-refractivity contribution in [2.75, 3.05) is 5.32 Å². The van der Waals surface area contributed by atoms with Gasteiger partial charge < -0.3 is 14.3 Å². The third-order valence-electron chi connectivity index (χ3n) is 2.70. The maximum absolute atomic E-state index is 12.0. The Kier molecular flexibility index (Phi) is 3.39. The summed E-state index contributed by atoms with van der Waals surface area (Å²) in [5, 5.41) is 2.79. The van der Waals surface area contributed by atoms with Gasteiger partial charge in [0.25, 0.3) is 5.91 Å². The number of carbonyl (C=O) groups is 1. The van der Waals surface area contributed by atoms with Crippen molar-refractivity contribution in [2.24, 2.45) is 0 Å². The number of halogens is 1. The van der Waals surface area contributed by atoms with Gasteiger partial charge in [0, 0.05) is 23.8 Å². The highest BCUT2D eigenvalue weighted by atomic mass is 79.9. The molecule has 2 aromatic heterocycles. The van der Waals surface area contributed by atoms with E-state index in [2.05, 4.69) is 26.2 Å². The summed E-state index contributed by atoms with van der Waals surface area (Å²) >= 11 is 3.17. The molecule has 0 bridgehead atoms. The maximum atomic E-state index is 12.0. The molecule has 0 saturated heterocycles. The molecule has 3 rings (SSSR count). The smallest absolute Gasteiger partial charge is 0.291 e. The lowest BCUT2D eigenvalue weighted by Gasteiger charge is -2.06. The van der Waals surface area contributed by atoms with Crippen molar-refractivity contribution in [1.29, 1.82) is 0 Å². The number of nitrogens with one attached hydrogen (secondary N) is 1. The first-order valence-corrected chi connectivity index (χ1v) is 6.67. The molecule has 1 N–H and O–H groups in total. The van der Waals surface area contributed by atoms with Crippen molar-refractivity contribution >= 4 is 27.5 Å². The van der Waals surface area contributed by atoms with Gasteiger partial charge in [-0.05, 0) is 46.3 Å². The number of carbonyl (C=O) groups excluding carboxylic acids is 1. The molecule has 1 amide bonds. The van der Waals surface area contributed by atoms with Gasteiger partial charge in [0.1, 0.15) is 0 Å². The lowest BCUT2D eigenvalue weighted by atomic mass is 10.2. The van der Waals surface area contributed by atoms with Crippen molar-refractivity contribution < 1.29 is 9.21 Å². The minimum Gasteiger partial charge on any atom is -0.444 e. The fraction of sp³-hybridized carbons (Fsp3) is 0. The minimum atomic E-state index is -0.293. The first-order valence-electron chi connectivity index (χ1n) is 5.87. The SMILES string of the molecule is O=C(Nc1cccc(-n2ccnc2)c1)c1ccc(Br)o1. The van der Waals surface area contributed by atoms with E-state index in [9.17, 15) is 4.79 Å². The third-order valence-corrected chi connectivity index (χ3v) is 3.13. The highest BCUT2D eigenvalue weighted by Crippen LogP contribution is 2.18. The monoisotopic (exact) mass is 331 g/mol. The molecule has 3 aromatic rings. The van der Waals surface area contributed by atoms with Crippen molar-refractivity contribution in [3.8, 4) is 5.69 Å². The van der Waals surface area contributed by atoms with Gasteiger partial charge in [-0.25, -0.2) is 4.98 Å². The van der Waals surface area contributed by atoms with Gasteiger partial charge >= 0.3 is 0 Å². The summed E-state index contributed by atoms with van der Waals surface area (Å²) in [5.74, 6) is -0.0385. The summed E-state index contributed by atoms with van der Waals surface area (Å²) in [5.41, 5.74) is 1.61. The number of imidazole rings is 1. The number of nitrogens with zero attached hydrogens (tertiary/aromatic N) is 2. The predicted octanol–water partition coefficient (Wildman–Crippen LogP) is 3.48. The van der Waals surface area contributed by atoms with Crippen LogP contribution in [0.5, 0.6) is 0 Å². The largest absolute Gasteiger partial charge is 0.444 e. The summed E-state index contributed by atoms with van der Waals surface area (Å²) in [7, 11) is 0. The Morgan fingerprint density at radius 3 is 2.90 bits per heavy atom. The number of amides is 1. The number of furan rings is 1.